The average molecular weight is 511 g/mol. The van der Waals surface area contributed by atoms with Crippen LogP contribution in [0.25, 0.3) is 10.6 Å². The SMILES string of the molecule is C[C@H](c1ccc(C(F)(F)F)cc1C(F)(F)F)n1cc(NC(=O)c2ccc(-c3cnccn3)s2)cn1. The van der Waals surface area contributed by atoms with Gasteiger partial charge in [0.1, 0.15) is 0 Å². The number of amides is 1. The van der Waals surface area contributed by atoms with Crippen LogP contribution >= 0.6 is 11.3 Å². The van der Waals surface area contributed by atoms with E-state index in [0.717, 1.165) is 15.6 Å². The summed E-state index contributed by atoms with van der Waals surface area (Å²) in [4.78, 5) is 21.8. The molecule has 0 aliphatic heterocycles. The molecule has 3 aromatic heterocycles. The Morgan fingerprint density at radius 3 is 2.46 bits per heavy atom. The van der Waals surface area contributed by atoms with Crippen molar-refractivity contribution in [1.82, 2.24) is 19.7 Å². The number of carbonyl (C=O) groups excluding carboxylic acids is 1. The van der Waals surface area contributed by atoms with Crippen LogP contribution < -0.4 is 5.32 Å². The highest BCUT2D eigenvalue weighted by molar-refractivity contribution is 7.17. The molecule has 0 radical (unpaired) electrons. The molecule has 0 unspecified atom stereocenters. The van der Waals surface area contributed by atoms with Gasteiger partial charge in [-0.3, -0.25) is 19.4 Å². The summed E-state index contributed by atoms with van der Waals surface area (Å²) in [7, 11) is 0. The Bertz CT molecular complexity index is 1350. The van der Waals surface area contributed by atoms with Crippen LogP contribution in [-0.4, -0.2) is 25.7 Å². The van der Waals surface area contributed by atoms with E-state index in [1.165, 1.54) is 43.0 Å². The maximum Gasteiger partial charge on any atom is 0.416 e. The van der Waals surface area contributed by atoms with E-state index in [0.29, 0.717) is 16.6 Å². The Labute approximate surface area is 198 Å². The molecule has 0 saturated heterocycles. The van der Waals surface area contributed by atoms with E-state index in [1.807, 2.05) is 0 Å². The number of rotatable bonds is 5. The molecule has 0 aliphatic rings. The topological polar surface area (TPSA) is 72.7 Å². The predicted octanol–water partition coefficient (Wildman–Crippen LogP) is 6.30. The highest BCUT2D eigenvalue weighted by Crippen LogP contribution is 2.40. The quantitative estimate of drug-likeness (QED) is 0.319. The van der Waals surface area contributed by atoms with Gasteiger partial charge in [0.15, 0.2) is 0 Å². The van der Waals surface area contributed by atoms with Gasteiger partial charge in [0.05, 0.1) is 50.7 Å². The lowest BCUT2D eigenvalue weighted by Crippen LogP contribution is -2.17. The molecule has 0 bridgehead atoms. The first kappa shape index (κ1) is 24.4. The lowest BCUT2D eigenvalue weighted by Gasteiger charge is -2.20. The minimum Gasteiger partial charge on any atom is -0.319 e. The number of nitrogens with one attached hydrogen (secondary N) is 1. The fraction of sp³-hybridized carbons (Fsp3) is 0.182. The number of halogens is 6. The molecular formula is C22H15F6N5OS. The standard InChI is InChI=1S/C22H15F6N5OS/c1-12(15-3-2-13(21(23,24)25)8-16(15)22(26,27)28)33-11-14(9-31-33)32-20(34)19-5-4-18(35-19)17-10-29-6-7-30-17/h2-12H,1H3,(H,32,34)/t12-/m1/s1. The van der Waals surface area contributed by atoms with Crippen molar-refractivity contribution in [3.63, 3.8) is 0 Å². The average Bonchev–Trinajstić information content (AvgIpc) is 3.48. The maximum atomic E-state index is 13.5. The summed E-state index contributed by atoms with van der Waals surface area (Å²) >= 11 is 1.17. The smallest absolute Gasteiger partial charge is 0.319 e. The number of hydrogen-bond acceptors (Lipinski definition) is 5. The van der Waals surface area contributed by atoms with Crippen molar-refractivity contribution in [3.8, 4) is 10.6 Å². The molecule has 6 nitrogen and oxygen atoms in total. The number of aromatic nitrogens is 4. The lowest BCUT2D eigenvalue weighted by molar-refractivity contribution is -0.143. The fourth-order valence-corrected chi connectivity index (χ4v) is 4.18. The second kappa shape index (κ2) is 9.13. The van der Waals surface area contributed by atoms with E-state index in [4.69, 9.17) is 0 Å². The summed E-state index contributed by atoms with van der Waals surface area (Å²) in [6, 6.07) is 3.70. The Balaban J connectivity index is 1.54. The molecule has 4 aromatic rings. The first-order chi connectivity index (χ1) is 16.4. The van der Waals surface area contributed by atoms with Gasteiger partial charge in [0.25, 0.3) is 5.91 Å². The molecule has 0 spiro atoms. The van der Waals surface area contributed by atoms with Crippen LogP contribution in [0.3, 0.4) is 0 Å². The Morgan fingerprint density at radius 2 is 1.80 bits per heavy atom. The number of anilines is 1. The zero-order valence-electron chi connectivity index (χ0n) is 17.7. The van der Waals surface area contributed by atoms with E-state index in [-0.39, 0.29) is 11.8 Å². The number of carbonyl (C=O) groups is 1. The molecule has 4 rings (SSSR count). The van der Waals surface area contributed by atoms with Crippen LogP contribution in [0.15, 0.2) is 61.3 Å². The lowest BCUT2D eigenvalue weighted by atomic mass is 9.98. The van der Waals surface area contributed by atoms with Gasteiger partial charge in [-0.2, -0.15) is 31.4 Å². The fourth-order valence-electron chi connectivity index (χ4n) is 3.32. The monoisotopic (exact) mass is 511 g/mol. The molecule has 0 saturated carbocycles. The minimum absolute atomic E-state index is 0.0868. The largest absolute Gasteiger partial charge is 0.416 e. The van der Waals surface area contributed by atoms with Gasteiger partial charge in [0.2, 0.25) is 0 Å². The molecular weight excluding hydrogens is 496 g/mol. The highest BCUT2D eigenvalue weighted by Gasteiger charge is 2.39. The van der Waals surface area contributed by atoms with Crippen LogP contribution in [0.5, 0.6) is 0 Å². The number of hydrogen-bond donors (Lipinski definition) is 1. The highest BCUT2D eigenvalue weighted by atomic mass is 32.1. The summed E-state index contributed by atoms with van der Waals surface area (Å²) in [6.07, 6.45) is -2.79. The molecule has 1 N–H and O–H groups in total. The zero-order chi connectivity index (χ0) is 25.4. The number of alkyl halides is 6. The van der Waals surface area contributed by atoms with Gasteiger partial charge < -0.3 is 5.32 Å². The Kier molecular flexibility index (Phi) is 6.36. The third kappa shape index (κ3) is 5.34. The predicted molar refractivity (Wildman–Crippen MR) is 116 cm³/mol. The van der Waals surface area contributed by atoms with Crippen LogP contribution in [0.2, 0.25) is 0 Å². The van der Waals surface area contributed by atoms with E-state index >= 15 is 0 Å². The van der Waals surface area contributed by atoms with Gasteiger partial charge >= 0.3 is 12.4 Å². The molecule has 1 amide bonds. The van der Waals surface area contributed by atoms with Crippen LogP contribution in [0, 0.1) is 0 Å². The first-order valence-electron chi connectivity index (χ1n) is 9.93. The van der Waals surface area contributed by atoms with Gasteiger partial charge in [-0.15, -0.1) is 11.3 Å². The molecule has 1 aromatic carbocycles. The Hall–Kier alpha value is -3.74. The van der Waals surface area contributed by atoms with Crippen LogP contribution in [0.4, 0.5) is 32.0 Å². The number of thiophene rings is 1. The maximum absolute atomic E-state index is 13.5. The summed E-state index contributed by atoms with van der Waals surface area (Å²) < 4.78 is 80.5. The van der Waals surface area contributed by atoms with Crippen molar-refractivity contribution in [1.29, 1.82) is 0 Å². The van der Waals surface area contributed by atoms with Crippen molar-refractivity contribution < 1.29 is 31.1 Å². The zero-order valence-corrected chi connectivity index (χ0v) is 18.5. The molecule has 3 heterocycles. The van der Waals surface area contributed by atoms with E-state index < -0.39 is 41.0 Å². The molecule has 182 valence electrons. The molecule has 0 aliphatic carbocycles. The Morgan fingerprint density at radius 1 is 1.03 bits per heavy atom. The van der Waals surface area contributed by atoms with Crippen LogP contribution in [0.1, 0.15) is 39.3 Å². The minimum atomic E-state index is -5.00. The normalized spacial score (nSPS) is 13.0. The summed E-state index contributed by atoms with van der Waals surface area (Å²) in [5, 5.41) is 6.59. The summed E-state index contributed by atoms with van der Waals surface area (Å²) in [6.45, 7) is 1.36. The summed E-state index contributed by atoms with van der Waals surface area (Å²) in [5.41, 5.74) is -2.40. The third-order valence-corrected chi connectivity index (χ3v) is 6.14. The van der Waals surface area contributed by atoms with Crippen molar-refractivity contribution in [2.45, 2.75) is 25.3 Å². The molecule has 35 heavy (non-hydrogen) atoms. The van der Waals surface area contributed by atoms with Crippen molar-refractivity contribution in [2.24, 2.45) is 0 Å². The van der Waals surface area contributed by atoms with Gasteiger partial charge in [-0.1, -0.05) is 6.07 Å². The van der Waals surface area contributed by atoms with Crippen LogP contribution in [-0.2, 0) is 12.4 Å². The third-order valence-electron chi connectivity index (χ3n) is 5.04. The molecule has 0 fully saturated rings. The molecule has 1 atom stereocenters. The van der Waals surface area contributed by atoms with Gasteiger partial charge in [0, 0.05) is 18.6 Å². The number of benzene rings is 1. The summed E-state index contributed by atoms with van der Waals surface area (Å²) in [5.74, 6) is -0.470. The van der Waals surface area contributed by atoms with E-state index in [1.54, 1.807) is 18.3 Å². The van der Waals surface area contributed by atoms with Gasteiger partial charge in [-0.25, -0.2) is 0 Å². The second-order valence-corrected chi connectivity index (χ2v) is 8.47. The number of nitrogens with zero attached hydrogens (tertiary/aromatic N) is 4. The molecule has 13 heteroatoms. The van der Waals surface area contributed by atoms with Crippen molar-refractivity contribution in [3.05, 3.63) is 82.9 Å². The van der Waals surface area contributed by atoms with E-state index in [2.05, 4.69) is 20.4 Å². The second-order valence-electron chi connectivity index (χ2n) is 7.39. The van der Waals surface area contributed by atoms with Crippen molar-refractivity contribution >= 4 is 22.9 Å². The first-order valence-corrected chi connectivity index (χ1v) is 10.7. The van der Waals surface area contributed by atoms with Gasteiger partial charge in [-0.05, 0) is 36.8 Å². The van der Waals surface area contributed by atoms with E-state index in [9.17, 15) is 31.1 Å². The van der Waals surface area contributed by atoms with Crippen molar-refractivity contribution in [2.75, 3.05) is 5.32 Å².